The van der Waals surface area contributed by atoms with Crippen LogP contribution in [0, 0.1) is 11.8 Å². The van der Waals surface area contributed by atoms with Crippen molar-refractivity contribution in [2.45, 2.75) is 51.7 Å². The number of nitrogens with one attached hydrogen (secondary N) is 1. The molecule has 0 aromatic carbocycles. The molecule has 2 aliphatic rings. The van der Waals surface area contributed by atoms with Crippen LogP contribution in [0.25, 0.3) is 11.1 Å². The maximum Gasteiger partial charge on any atom is 0.263 e. The molecule has 182 valence electrons. The molecule has 2 aromatic heterocycles. The van der Waals surface area contributed by atoms with Crippen molar-refractivity contribution in [1.29, 1.82) is 0 Å². The third-order valence-electron chi connectivity index (χ3n) is 6.70. The van der Waals surface area contributed by atoms with Crippen LogP contribution in [-0.2, 0) is 6.42 Å². The largest absolute Gasteiger partial charge is 0.438 e. The minimum Gasteiger partial charge on any atom is -0.438 e. The second-order valence-corrected chi connectivity index (χ2v) is 9.20. The highest BCUT2D eigenvalue weighted by atomic mass is 16.3. The fraction of sp³-hybridized carbons (Fsp3) is 0.480. The molecule has 0 bridgehead atoms. The number of aryl methyl sites for hydroxylation is 1. The van der Waals surface area contributed by atoms with Crippen LogP contribution in [0.1, 0.15) is 49.0 Å². The minimum atomic E-state index is -0.526. The molecule has 1 aliphatic carbocycles. The Hall–Kier alpha value is -3.17. The van der Waals surface area contributed by atoms with Crippen molar-refractivity contribution in [1.82, 2.24) is 15.2 Å². The van der Waals surface area contributed by atoms with Gasteiger partial charge in [0.25, 0.3) is 5.91 Å². The number of fused-ring (bicyclic) bond motifs is 1. The number of carbonyl (C=O) groups is 1. The van der Waals surface area contributed by atoms with Gasteiger partial charge in [-0.1, -0.05) is 19.4 Å². The van der Waals surface area contributed by atoms with E-state index < -0.39 is 12.0 Å². The standard InChI is InChI=1S/C25H34N6O3/c1-4-6-14-9-20-22(29-10-14)21(24(27)34-20)25(33)30-18(11-28-3)19(5-2)31-12-16(15-7-8-15)23(32)17(26)13-31/h5,9-11,15-17,23,32H,3-4,6-8,12-13,26-27H2,1-2H3,(H,30,33)/b18-11+,19-5+/t16-,17-,23-/m1/s1. The topological polar surface area (TPSA) is 143 Å². The first-order valence-corrected chi connectivity index (χ1v) is 11.9. The quantitative estimate of drug-likeness (QED) is 0.346. The zero-order valence-corrected chi connectivity index (χ0v) is 19.8. The smallest absolute Gasteiger partial charge is 0.263 e. The van der Waals surface area contributed by atoms with Crippen molar-refractivity contribution in [3.05, 3.63) is 47.1 Å². The minimum absolute atomic E-state index is 0.0125. The lowest BCUT2D eigenvalue weighted by atomic mass is 9.87. The number of likely N-dealkylation sites (tertiary alicyclic amines) is 1. The van der Waals surface area contributed by atoms with E-state index in [1.807, 2.05) is 19.1 Å². The van der Waals surface area contributed by atoms with Crippen LogP contribution in [0.15, 0.2) is 45.3 Å². The number of anilines is 1. The summed E-state index contributed by atoms with van der Waals surface area (Å²) in [6.45, 7) is 8.66. The average molecular weight is 467 g/mol. The maximum atomic E-state index is 13.3. The van der Waals surface area contributed by atoms with Crippen molar-refractivity contribution in [3.63, 3.8) is 0 Å². The van der Waals surface area contributed by atoms with Gasteiger partial charge in [-0.2, -0.15) is 0 Å². The van der Waals surface area contributed by atoms with Crippen LogP contribution in [0.2, 0.25) is 0 Å². The Bertz CT molecular complexity index is 1130. The number of aliphatic hydroxyl groups is 1. The second-order valence-electron chi connectivity index (χ2n) is 9.20. The molecule has 2 fully saturated rings. The van der Waals surface area contributed by atoms with Crippen molar-refractivity contribution in [3.8, 4) is 0 Å². The molecule has 3 heterocycles. The van der Waals surface area contributed by atoms with E-state index in [1.54, 1.807) is 6.20 Å². The summed E-state index contributed by atoms with van der Waals surface area (Å²) >= 11 is 0. The number of aliphatic imine (C=N–C) groups is 1. The number of allylic oxidation sites excluding steroid dienone is 1. The number of rotatable bonds is 8. The van der Waals surface area contributed by atoms with Gasteiger partial charge in [0.15, 0.2) is 5.58 Å². The molecule has 9 nitrogen and oxygen atoms in total. The second kappa shape index (κ2) is 9.99. The lowest BCUT2D eigenvalue weighted by Crippen LogP contribution is -2.56. The number of furan rings is 1. The van der Waals surface area contributed by atoms with Crippen molar-refractivity contribution < 1.29 is 14.3 Å². The SMILES string of the molecule is C=N/C=C(NC(=O)c1c(N)oc2cc(CCC)cnc12)\C(=C/C)N1C[C@@H](N)[C@H](O)[C@@H](C2CC2)C1. The van der Waals surface area contributed by atoms with E-state index in [0.29, 0.717) is 35.8 Å². The number of nitrogen functional groups attached to an aromatic ring is 1. The summed E-state index contributed by atoms with van der Waals surface area (Å²) in [5, 5.41) is 13.5. The van der Waals surface area contributed by atoms with Gasteiger partial charge in [0, 0.05) is 31.2 Å². The Labute approximate surface area is 199 Å². The summed E-state index contributed by atoms with van der Waals surface area (Å²) in [5.41, 5.74) is 15.7. The van der Waals surface area contributed by atoms with Crippen molar-refractivity contribution in [2.24, 2.45) is 22.6 Å². The third kappa shape index (κ3) is 4.71. The fourth-order valence-electron chi connectivity index (χ4n) is 4.89. The number of nitrogens with two attached hydrogens (primary N) is 2. The molecule has 0 unspecified atom stereocenters. The molecule has 1 aliphatic heterocycles. The molecule has 6 N–H and O–H groups in total. The molecular weight excluding hydrogens is 432 g/mol. The van der Waals surface area contributed by atoms with Gasteiger partial charge in [-0.3, -0.25) is 14.8 Å². The molecule has 0 spiro atoms. The first-order valence-electron chi connectivity index (χ1n) is 11.9. The molecule has 3 atom stereocenters. The van der Waals surface area contributed by atoms with Crippen LogP contribution in [0.5, 0.6) is 0 Å². The predicted octanol–water partition coefficient (Wildman–Crippen LogP) is 2.57. The highest BCUT2D eigenvalue weighted by Crippen LogP contribution is 2.42. The maximum absolute atomic E-state index is 13.3. The highest BCUT2D eigenvalue weighted by molar-refractivity contribution is 6.09. The normalized spacial score (nSPS) is 23.9. The molecule has 1 saturated heterocycles. The lowest BCUT2D eigenvalue weighted by Gasteiger charge is -2.42. The molecule has 4 rings (SSSR count). The average Bonchev–Trinajstić information content (AvgIpc) is 3.58. The highest BCUT2D eigenvalue weighted by Gasteiger charge is 2.43. The molecule has 1 amide bonds. The number of carbonyl (C=O) groups excluding carboxylic acids is 1. The Morgan fingerprint density at radius 2 is 2.21 bits per heavy atom. The van der Waals surface area contributed by atoms with Crippen LogP contribution in [0.3, 0.4) is 0 Å². The Balaban J connectivity index is 1.59. The summed E-state index contributed by atoms with van der Waals surface area (Å²) in [4.78, 5) is 23.8. The van der Waals surface area contributed by atoms with Crippen LogP contribution in [0.4, 0.5) is 5.88 Å². The van der Waals surface area contributed by atoms with Gasteiger partial charge < -0.3 is 31.2 Å². The number of hydrogen-bond acceptors (Lipinski definition) is 8. The van der Waals surface area contributed by atoms with Gasteiger partial charge >= 0.3 is 0 Å². The number of pyridine rings is 1. The predicted molar refractivity (Wildman–Crippen MR) is 133 cm³/mol. The van der Waals surface area contributed by atoms with Gasteiger partial charge in [-0.05, 0) is 50.5 Å². The van der Waals surface area contributed by atoms with E-state index in [0.717, 1.165) is 36.9 Å². The summed E-state index contributed by atoms with van der Waals surface area (Å²) in [6.07, 6.45) is 8.69. The van der Waals surface area contributed by atoms with Gasteiger partial charge in [0.05, 0.1) is 23.7 Å². The zero-order valence-electron chi connectivity index (χ0n) is 19.8. The summed E-state index contributed by atoms with van der Waals surface area (Å²) in [6, 6.07) is 1.49. The number of aromatic nitrogens is 1. The number of nitrogens with zero attached hydrogens (tertiary/aromatic N) is 3. The summed E-state index contributed by atoms with van der Waals surface area (Å²) in [7, 11) is 0. The molecular formula is C25H34N6O3. The van der Waals surface area contributed by atoms with Gasteiger partial charge in [-0.15, -0.1) is 0 Å². The van der Waals surface area contributed by atoms with Crippen LogP contribution in [-0.4, -0.2) is 52.9 Å². The third-order valence-corrected chi connectivity index (χ3v) is 6.70. The number of hydrogen-bond donors (Lipinski definition) is 4. The zero-order chi connectivity index (χ0) is 24.4. The Morgan fingerprint density at radius 3 is 2.85 bits per heavy atom. The molecule has 2 aromatic rings. The van der Waals surface area contributed by atoms with Crippen LogP contribution < -0.4 is 16.8 Å². The summed E-state index contributed by atoms with van der Waals surface area (Å²) < 4.78 is 5.65. The number of amides is 1. The number of piperidine rings is 1. The van der Waals surface area contributed by atoms with E-state index in [-0.39, 0.29) is 23.4 Å². The van der Waals surface area contributed by atoms with E-state index in [1.165, 1.54) is 6.20 Å². The monoisotopic (exact) mass is 466 g/mol. The summed E-state index contributed by atoms with van der Waals surface area (Å²) in [5.74, 6) is 0.157. The van der Waals surface area contributed by atoms with E-state index in [9.17, 15) is 9.90 Å². The Morgan fingerprint density at radius 1 is 1.44 bits per heavy atom. The first kappa shape index (κ1) is 24.0. The van der Waals surface area contributed by atoms with Crippen molar-refractivity contribution in [2.75, 3.05) is 18.8 Å². The molecule has 9 heteroatoms. The lowest BCUT2D eigenvalue weighted by molar-refractivity contribution is 0.0121. The fourth-order valence-corrected chi connectivity index (χ4v) is 4.89. The van der Waals surface area contributed by atoms with E-state index in [4.69, 9.17) is 15.9 Å². The van der Waals surface area contributed by atoms with Gasteiger partial charge in [0.2, 0.25) is 5.88 Å². The van der Waals surface area contributed by atoms with Gasteiger partial charge in [-0.25, -0.2) is 0 Å². The molecule has 1 saturated carbocycles. The van der Waals surface area contributed by atoms with E-state index in [2.05, 4.69) is 33.8 Å². The first-order chi connectivity index (χ1) is 16.4. The van der Waals surface area contributed by atoms with Crippen molar-refractivity contribution >= 4 is 29.6 Å². The number of aliphatic hydroxyl groups excluding tert-OH is 1. The molecule has 34 heavy (non-hydrogen) atoms. The Kier molecular flexibility index (Phi) is 7.04. The van der Waals surface area contributed by atoms with E-state index >= 15 is 0 Å². The van der Waals surface area contributed by atoms with Crippen LogP contribution >= 0.6 is 0 Å². The molecule has 0 radical (unpaired) electrons. The van der Waals surface area contributed by atoms with Gasteiger partial charge in [0.1, 0.15) is 11.1 Å².